The van der Waals surface area contributed by atoms with Crippen LogP contribution in [0.25, 0.3) is 0 Å². The quantitative estimate of drug-likeness (QED) is 0.267. The van der Waals surface area contributed by atoms with Gasteiger partial charge < -0.3 is 19.7 Å². The number of methoxy groups -OCH3 is 1. The normalized spacial score (nSPS) is 11.8. The van der Waals surface area contributed by atoms with E-state index in [4.69, 9.17) is 9.47 Å². The number of nitrogens with zero attached hydrogens (tertiary/aromatic N) is 2. The highest BCUT2D eigenvalue weighted by atomic mass is 32.2. The van der Waals surface area contributed by atoms with Crippen molar-refractivity contribution in [2.24, 2.45) is 0 Å². The van der Waals surface area contributed by atoms with Crippen molar-refractivity contribution in [1.82, 2.24) is 10.2 Å². The lowest BCUT2D eigenvalue weighted by Gasteiger charge is -2.33. The van der Waals surface area contributed by atoms with Gasteiger partial charge in [-0.15, -0.1) is 0 Å². The molecule has 0 fully saturated rings. The Morgan fingerprint density at radius 2 is 1.50 bits per heavy atom. The highest BCUT2D eigenvalue weighted by Crippen LogP contribution is 2.27. The third-order valence-electron chi connectivity index (χ3n) is 6.77. The van der Waals surface area contributed by atoms with Gasteiger partial charge in [-0.1, -0.05) is 43.7 Å². The SMILES string of the molecule is CCCNC(=O)C(CC)N(Cc1ccc(OC)cc1)C(=O)CN(c1ccc(OCC)cc1)S(=O)(=O)c1ccc(C)cc1. The predicted octanol–water partition coefficient (Wildman–Crippen LogP) is 4.93. The Bertz CT molecular complexity index is 1410. The monoisotopic (exact) mass is 595 g/mol. The Labute approximate surface area is 249 Å². The summed E-state index contributed by atoms with van der Waals surface area (Å²) < 4.78 is 39.9. The molecule has 0 aromatic heterocycles. The second-order valence-electron chi connectivity index (χ2n) is 9.84. The maximum absolute atomic E-state index is 14.1. The predicted molar refractivity (Wildman–Crippen MR) is 164 cm³/mol. The fourth-order valence-electron chi connectivity index (χ4n) is 4.45. The van der Waals surface area contributed by atoms with Gasteiger partial charge in [0.2, 0.25) is 11.8 Å². The van der Waals surface area contributed by atoms with Gasteiger partial charge in [0.15, 0.2) is 0 Å². The van der Waals surface area contributed by atoms with Gasteiger partial charge in [-0.3, -0.25) is 13.9 Å². The molecule has 9 nitrogen and oxygen atoms in total. The van der Waals surface area contributed by atoms with Crippen molar-refractivity contribution in [3.8, 4) is 11.5 Å². The van der Waals surface area contributed by atoms with E-state index in [1.807, 2.05) is 39.8 Å². The standard InChI is InChI=1S/C32H41N3O6S/c1-6-21-33-32(37)30(7-2)34(22-25-11-15-27(40-5)16-12-25)31(36)23-35(26-13-17-28(18-14-26)41-8-3)42(38,39)29-19-9-24(4)10-20-29/h9-20,30H,6-8,21-23H2,1-5H3,(H,33,37). The second kappa shape index (κ2) is 15.3. The molecule has 0 spiro atoms. The van der Waals surface area contributed by atoms with Gasteiger partial charge in [0.05, 0.1) is 24.3 Å². The van der Waals surface area contributed by atoms with Gasteiger partial charge in [0.25, 0.3) is 10.0 Å². The van der Waals surface area contributed by atoms with Crippen LogP contribution in [0, 0.1) is 6.92 Å². The van der Waals surface area contributed by atoms with Gasteiger partial charge in [-0.25, -0.2) is 8.42 Å². The molecule has 0 saturated heterocycles. The first-order valence-corrected chi connectivity index (χ1v) is 15.6. The van der Waals surface area contributed by atoms with Crippen LogP contribution in [0.2, 0.25) is 0 Å². The number of carbonyl (C=O) groups excluding carboxylic acids is 2. The smallest absolute Gasteiger partial charge is 0.264 e. The van der Waals surface area contributed by atoms with E-state index in [2.05, 4.69) is 5.32 Å². The average Bonchev–Trinajstić information content (AvgIpc) is 2.99. The number of hydrogen-bond acceptors (Lipinski definition) is 6. The van der Waals surface area contributed by atoms with E-state index in [0.29, 0.717) is 36.8 Å². The fourth-order valence-corrected chi connectivity index (χ4v) is 5.87. The summed E-state index contributed by atoms with van der Waals surface area (Å²) >= 11 is 0. The number of carbonyl (C=O) groups is 2. The maximum Gasteiger partial charge on any atom is 0.264 e. The molecule has 0 aliphatic rings. The Morgan fingerprint density at radius 1 is 0.881 bits per heavy atom. The van der Waals surface area contributed by atoms with E-state index < -0.39 is 28.5 Å². The van der Waals surface area contributed by atoms with Crippen molar-refractivity contribution in [2.75, 3.05) is 31.1 Å². The molecule has 42 heavy (non-hydrogen) atoms. The van der Waals surface area contributed by atoms with Crippen LogP contribution in [0.15, 0.2) is 77.7 Å². The van der Waals surface area contributed by atoms with Crippen molar-refractivity contribution in [3.05, 3.63) is 83.9 Å². The number of ether oxygens (including phenoxy) is 2. The van der Waals surface area contributed by atoms with E-state index in [1.165, 1.54) is 17.0 Å². The first kappa shape index (κ1) is 32.5. The van der Waals surface area contributed by atoms with Crippen LogP contribution < -0.4 is 19.1 Å². The highest BCUT2D eigenvalue weighted by Gasteiger charge is 2.33. The summed E-state index contributed by atoms with van der Waals surface area (Å²) in [6.45, 7) is 8.06. The summed E-state index contributed by atoms with van der Waals surface area (Å²) in [4.78, 5) is 28.8. The summed E-state index contributed by atoms with van der Waals surface area (Å²) in [5, 5.41) is 2.89. The summed E-state index contributed by atoms with van der Waals surface area (Å²) in [5.74, 6) is 0.458. The van der Waals surface area contributed by atoms with E-state index >= 15 is 0 Å². The molecule has 0 aliphatic carbocycles. The van der Waals surface area contributed by atoms with Gasteiger partial charge in [-0.2, -0.15) is 0 Å². The molecule has 1 atom stereocenters. The van der Waals surface area contributed by atoms with E-state index in [9.17, 15) is 18.0 Å². The zero-order valence-electron chi connectivity index (χ0n) is 25.0. The van der Waals surface area contributed by atoms with Gasteiger partial charge in [0.1, 0.15) is 24.1 Å². The third-order valence-corrected chi connectivity index (χ3v) is 8.56. The lowest BCUT2D eigenvalue weighted by Crippen LogP contribution is -2.52. The zero-order valence-corrected chi connectivity index (χ0v) is 25.8. The molecule has 0 bridgehead atoms. The summed E-state index contributed by atoms with van der Waals surface area (Å²) in [5.41, 5.74) is 1.99. The minimum Gasteiger partial charge on any atom is -0.497 e. The van der Waals surface area contributed by atoms with Gasteiger partial charge in [0, 0.05) is 13.1 Å². The molecule has 0 saturated carbocycles. The number of anilines is 1. The van der Waals surface area contributed by atoms with E-state index in [-0.39, 0.29) is 17.3 Å². The van der Waals surface area contributed by atoms with E-state index in [1.54, 1.807) is 55.6 Å². The van der Waals surface area contributed by atoms with Gasteiger partial charge >= 0.3 is 0 Å². The van der Waals surface area contributed by atoms with Crippen LogP contribution in [0.5, 0.6) is 11.5 Å². The van der Waals surface area contributed by atoms with Crippen molar-refractivity contribution >= 4 is 27.5 Å². The molecule has 1 unspecified atom stereocenters. The lowest BCUT2D eigenvalue weighted by atomic mass is 10.1. The average molecular weight is 596 g/mol. The number of sulfonamides is 1. The minimum atomic E-state index is -4.15. The summed E-state index contributed by atoms with van der Waals surface area (Å²) in [7, 11) is -2.58. The molecule has 1 N–H and O–H groups in total. The number of aryl methyl sites for hydroxylation is 1. The maximum atomic E-state index is 14.1. The fraction of sp³-hybridized carbons (Fsp3) is 0.375. The van der Waals surface area contributed by atoms with Crippen LogP contribution in [-0.4, -0.2) is 58.0 Å². The number of benzene rings is 3. The van der Waals surface area contributed by atoms with Crippen molar-refractivity contribution in [1.29, 1.82) is 0 Å². The Balaban J connectivity index is 2.04. The van der Waals surface area contributed by atoms with Crippen LogP contribution in [0.3, 0.4) is 0 Å². The Kier molecular flexibility index (Phi) is 11.8. The molecule has 3 rings (SSSR count). The number of amides is 2. The molecule has 3 aromatic rings. The van der Waals surface area contributed by atoms with Crippen LogP contribution in [0.1, 0.15) is 44.7 Å². The Morgan fingerprint density at radius 3 is 2.05 bits per heavy atom. The lowest BCUT2D eigenvalue weighted by molar-refractivity contribution is -0.140. The molecule has 226 valence electrons. The molecule has 2 amide bonds. The van der Waals surface area contributed by atoms with Crippen LogP contribution in [-0.2, 0) is 26.2 Å². The minimum absolute atomic E-state index is 0.0595. The molecule has 3 aromatic carbocycles. The topological polar surface area (TPSA) is 105 Å². The number of nitrogens with one attached hydrogen (secondary N) is 1. The Hall–Kier alpha value is -4.05. The zero-order chi connectivity index (χ0) is 30.7. The summed E-state index contributed by atoms with van der Waals surface area (Å²) in [6.07, 6.45) is 1.10. The second-order valence-corrected chi connectivity index (χ2v) is 11.7. The van der Waals surface area contributed by atoms with E-state index in [0.717, 1.165) is 21.9 Å². The highest BCUT2D eigenvalue weighted by molar-refractivity contribution is 7.92. The largest absolute Gasteiger partial charge is 0.497 e. The molecule has 10 heteroatoms. The van der Waals surface area contributed by atoms with Crippen LogP contribution in [0.4, 0.5) is 5.69 Å². The van der Waals surface area contributed by atoms with Crippen molar-refractivity contribution in [3.63, 3.8) is 0 Å². The van der Waals surface area contributed by atoms with Gasteiger partial charge in [-0.05, 0) is 80.8 Å². The van der Waals surface area contributed by atoms with Crippen LogP contribution >= 0.6 is 0 Å². The molecular weight excluding hydrogens is 554 g/mol. The number of rotatable bonds is 15. The molecule has 0 radical (unpaired) electrons. The summed E-state index contributed by atoms with van der Waals surface area (Å²) in [6, 6.07) is 19.5. The molecular formula is C32H41N3O6S. The van der Waals surface area contributed by atoms with Crippen molar-refractivity contribution < 1.29 is 27.5 Å². The number of hydrogen-bond donors (Lipinski definition) is 1. The first-order chi connectivity index (χ1) is 20.1. The third kappa shape index (κ3) is 8.25. The molecule has 0 heterocycles. The first-order valence-electron chi connectivity index (χ1n) is 14.2. The molecule has 0 aliphatic heterocycles. The van der Waals surface area contributed by atoms with Crippen molar-refractivity contribution in [2.45, 2.75) is 58.0 Å².